The highest BCUT2D eigenvalue weighted by molar-refractivity contribution is 5.74. The van der Waals surface area contributed by atoms with Crippen molar-refractivity contribution in [2.24, 2.45) is 29.6 Å². The predicted molar refractivity (Wildman–Crippen MR) is 171 cm³/mol. The number of fused-ring (bicyclic) bond motifs is 2. The molecule has 5 fully saturated rings. The number of benzene rings is 2. The highest BCUT2D eigenvalue weighted by atomic mass is 16.4. The van der Waals surface area contributed by atoms with E-state index in [2.05, 4.69) is 39.4 Å². The van der Waals surface area contributed by atoms with Crippen molar-refractivity contribution >= 4 is 17.5 Å². The van der Waals surface area contributed by atoms with Gasteiger partial charge in [0.25, 0.3) is 0 Å². The molecular weight excluding hydrogens is 564 g/mol. The Balaban J connectivity index is 0.950. The third-order valence-corrected chi connectivity index (χ3v) is 11.3. The third kappa shape index (κ3) is 4.98. The number of rotatable bonds is 6. The monoisotopic (exact) mass is 602 g/mol. The van der Waals surface area contributed by atoms with Crippen LogP contribution in [0.4, 0.5) is 11.5 Å². The van der Waals surface area contributed by atoms with E-state index in [4.69, 9.17) is 15.7 Å². The van der Waals surface area contributed by atoms with Crippen molar-refractivity contribution in [1.82, 2.24) is 20.2 Å². The fourth-order valence-corrected chi connectivity index (χ4v) is 8.90. The minimum absolute atomic E-state index is 0.183. The third-order valence-electron chi connectivity index (χ3n) is 11.3. The van der Waals surface area contributed by atoms with Crippen LogP contribution in [0.2, 0.25) is 0 Å². The molecule has 230 valence electrons. The van der Waals surface area contributed by atoms with Gasteiger partial charge in [-0.05, 0) is 97.4 Å². The minimum Gasteiger partial charge on any atom is -0.507 e. The van der Waals surface area contributed by atoms with Crippen LogP contribution in [-0.4, -0.2) is 49.4 Å². The van der Waals surface area contributed by atoms with Crippen molar-refractivity contribution in [3.63, 3.8) is 0 Å². The molecule has 4 N–H and O–H groups in total. The van der Waals surface area contributed by atoms with Crippen molar-refractivity contribution in [3.05, 3.63) is 78.4 Å². The Labute approximate surface area is 262 Å². The summed E-state index contributed by atoms with van der Waals surface area (Å²) in [5, 5.41) is 28.2. The summed E-state index contributed by atoms with van der Waals surface area (Å²) < 4.78 is 0. The molecule has 5 atom stereocenters. The Morgan fingerprint density at radius 2 is 1.60 bits per heavy atom. The molecule has 3 saturated carbocycles. The summed E-state index contributed by atoms with van der Waals surface area (Å²) in [7, 11) is 0. The average molecular weight is 603 g/mol. The van der Waals surface area contributed by atoms with Gasteiger partial charge in [-0.3, -0.25) is 4.79 Å². The number of aliphatic carboxylic acids is 1. The number of nitrogens with two attached hydrogens (primary N) is 1. The number of hydrogen-bond donors (Lipinski definition) is 3. The second-order valence-electron chi connectivity index (χ2n) is 13.6. The van der Waals surface area contributed by atoms with E-state index >= 15 is 0 Å². The second kappa shape index (κ2) is 11.1. The molecule has 5 unspecified atom stereocenters. The van der Waals surface area contributed by atoms with Crippen molar-refractivity contribution in [2.45, 2.75) is 50.4 Å². The van der Waals surface area contributed by atoms with Crippen LogP contribution in [0.3, 0.4) is 0 Å². The van der Waals surface area contributed by atoms with Crippen molar-refractivity contribution in [3.8, 4) is 28.1 Å². The predicted octanol–water partition coefficient (Wildman–Crippen LogP) is 6.12. The van der Waals surface area contributed by atoms with Gasteiger partial charge in [-0.2, -0.15) is 0 Å². The number of para-hydroxylation sites is 1. The fraction of sp³-hybridized carbons (Fsp3) is 0.417. The van der Waals surface area contributed by atoms with Crippen LogP contribution in [0, 0.1) is 29.6 Å². The Bertz CT molecular complexity index is 1720. The zero-order valence-electron chi connectivity index (χ0n) is 25.2. The van der Waals surface area contributed by atoms with Gasteiger partial charge in [0.15, 0.2) is 5.82 Å². The number of anilines is 2. The van der Waals surface area contributed by atoms with Crippen molar-refractivity contribution in [1.29, 1.82) is 0 Å². The van der Waals surface area contributed by atoms with Crippen molar-refractivity contribution < 1.29 is 15.0 Å². The van der Waals surface area contributed by atoms with Crippen LogP contribution in [0.5, 0.6) is 5.75 Å². The molecule has 0 radical (unpaired) electrons. The van der Waals surface area contributed by atoms with Gasteiger partial charge in [0.1, 0.15) is 11.6 Å². The van der Waals surface area contributed by atoms with E-state index in [9.17, 15) is 15.0 Å². The van der Waals surface area contributed by atoms with E-state index in [0.717, 1.165) is 67.8 Å². The Kier molecular flexibility index (Phi) is 6.92. The number of hydrogen-bond acceptors (Lipinski definition) is 8. The Morgan fingerprint density at radius 3 is 2.33 bits per heavy atom. The zero-order valence-corrected chi connectivity index (χ0v) is 25.2. The second-order valence-corrected chi connectivity index (χ2v) is 13.6. The molecule has 4 aromatic rings. The highest BCUT2D eigenvalue weighted by Gasteiger charge is 2.58. The van der Waals surface area contributed by atoms with Crippen LogP contribution in [0.1, 0.15) is 61.7 Å². The Morgan fingerprint density at radius 1 is 0.867 bits per heavy atom. The summed E-state index contributed by atoms with van der Waals surface area (Å²) in [6, 6.07) is 17.8. The summed E-state index contributed by atoms with van der Waals surface area (Å²) in [5.41, 5.74) is 12.0. The number of aromatic hydroxyl groups is 1. The molecule has 2 aliphatic heterocycles. The van der Waals surface area contributed by atoms with Crippen LogP contribution in [0.25, 0.3) is 22.4 Å². The molecule has 9 rings (SSSR count). The molecule has 5 aliphatic rings. The first-order chi connectivity index (χ1) is 21.9. The minimum atomic E-state index is -0.657. The molecule has 2 aromatic carbocycles. The summed E-state index contributed by atoms with van der Waals surface area (Å²) in [5.74, 6) is 3.90. The first-order valence-electron chi connectivity index (χ1n) is 16.2. The summed E-state index contributed by atoms with van der Waals surface area (Å²) in [6.07, 6.45) is 9.65. The number of carboxylic acid groups (broad SMARTS) is 1. The number of nitrogens with zero attached hydrogens (tertiary/aromatic N) is 5. The largest absolute Gasteiger partial charge is 0.507 e. The molecule has 9 nitrogen and oxygen atoms in total. The van der Waals surface area contributed by atoms with E-state index in [1.807, 2.05) is 30.6 Å². The first kappa shape index (κ1) is 28.0. The van der Waals surface area contributed by atoms with Gasteiger partial charge in [-0.25, -0.2) is 9.97 Å². The molecule has 2 aromatic heterocycles. The van der Waals surface area contributed by atoms with E-state index in [1.54, 1.807) is 12.1 Å². The van der Waals surface area contributed by atoms with Gasteiger partial charge in [0.2, 0.25) is 0 Å². The lowest BCUT2D eigenvalue weighted by Crippen LogP contribution is -2.40. The van der Waals surface area contributed by atoms with E-state index in [-0.39, 0.29) is 11.7 Å². The normalized spacial score (nSPS) is 28.7. The molecule has 4 bridgehead atoms. The first-order valence-corrected chi connectivity index (χ1v) is 16.2. The molecule has 3 aliphatic carbocycles. The van der Waals surface area contributed by atoms with Gasteiger partial charge < -0.3 is 20.8 Å². The molecule has 9 heteroatoms. The molecule has 4 heterocycles. The van der Waals surface area contributed by atoms with Gasteiger partial charge in [-0.1, -0.05) is 36.4 Å². The highest BCUT2D eigenvalue weighted by Crippen LogP contribution is 2.62. The fourth-order valence-electron chi connectivity index (χ4n) is 8.90. The number of carboxylic acids is 1. The summed E-state index contributed by atoms with van der Waals surface area (Å²) >= 11 is 0. The van der Waals surface area contributed by atoms with Gasteiger partial charge in [-0.15, -0.1) is 10.2 Å². The molecular formula is C36H38N6O3. The number of aromatic nitrogens is 4. The number of carbonyl (C=O) groups is 1. The number of phenols is 1. The Hall–Kier alpha value is -4.53. The van der Waals surface area contributed by atoms with Gasteiger partial charge in [0.05, 0.1) is 17.3 Å². The smallest absolute Gasteiger partial charge is 0.306 e. The van der Waals surface area contributed by atoms with E-state index in [0.29, 0.717) is 52.6 Å². The van der Waals surface area contributed by atoms with Crippen molar-refractivity contribution in [2.75, 3.05) is 23.7 Å². The summed E-state index contributed by atoms with van der Waals surface area (Å²) in [4.78, 5) is 23.5. The number of phenolic OH excluding ortho intramolecular Hbond substituents is 1. The van der Waals surface area contributed by atoms with E-state index < -0.39 is 5.97 Å². The molecule has 2 saturated heterocycles. The van der Waals surface area contributed by atoms with Gasteiger partial charge in [0, 0.05) is 42.5 Å². The topological polar surface area (TPSA) is 138 Å². The average Bonchev–Trinajstić information content (AvgIpc) is 3.15. The summed E-state index contributed by atoms with van der Waals surface area (Å²) in [6.45, 7) is 1.85. The lowest BCUT2D eigenvalue weighted by molar-refractivity contribution is -0.142. The van der Waals surface area contributed by atoms with Crippen LogP contribution in [-0.2, 0) is 4.79 Å². The maximum Gasteiger partial charge on any atom is 0.306 e. The lowest BCUT2D eigenvalue weighted by Gasteiger charge is -2.43. The lowest BCUT2D eigenvalue weighted by atomic mass is 9.63. The van der Waals surface area contributed by atoms with Crippen LogP contribution < -0.4 is 10.6 Å². The van der Waals surface area contributed by atoms with Gasteiger partial charge >= 0.3 is 5.97 Å². The van der Waals surface area contributed by atoms with Crippen LogP contribution in [0.15, 0.2) is 67.0 Å². The SMILES string of the molecule is Nc1nnc(-c2ccccc2O)cc1N1CC2CC(c3ncc(-c4ccc([C@H]5CC[C@H](C(=O)O)CC5)cc4)cn3)C3C(CC23)C1. The maximum absolute atomic E-state index is 11.3. The number of nitrogen functional groups attached to an aromatic ring is 1. The quantitative estimate of drug-likeness (QED) is 0.238. The molecule has 0 amide bonds. The standard InChI is InChI=1S/C36H38N6O3/c37-34-31(15-30(40-41-34)27-3-1-2-4-32(27)43)42-18-24-13-29(33-25(19-42)14-28(24)33)35-38-16-26(17-39-35)22-7-5-20(6-8-22)21-9-11-23(12-10-21)36(44)45/h1-8,15-17,21,23-25,28-29,33,43H,9-14,18-19H2,(H2,37,41)(H,44,45)/t21-,23-,24?,25?,28?,29?,33?. The van der Waals surface area contributed by atoms with Crippen LogP contribution >= 0.6 is 0 Å². The van der Waals surface area contributed by atoms with E-state index in [1.165, 1.54) is 12.0 Å². The maximum atomic E-state index is 11.3. The zero-order chi connectivity index (χ0) is 30.7. The molecule has 0 spiro atoms. The molecule has 45 heavy (non-hydrogen) atoms.